The molecule has 0 bridgehead atoms. The number of hydrogen-bond donors (Lipinski definition) is 0. The lowest BCUT2D eigenvalue weighted by atomic mass is 9.98. The molecule has 1 aromatic carbocycles. The van der Waals surface area contributed by atoms with E-state index < -0.39 is 0 Å². The highest BCUT2D eigenvalue weighted by molar-refractivity contribution is 5.67. The van der Waals surface area contributed by atoms with E-state index in [1.54, 1.807) is 4.68 Å². The summed E-state index contributed by atoms with van der Waals surface area (Å²) in [6.07, 6.45) is 5.85. The summed E-state index contributed by atoms with van der Waals surface area (Å²) >= 11 is 0. The molecule has 4 aromatic rings. The minimum Gasteiger partial charge on any atom is -0.282 e. The second kappa shape index (κ2) is 5.60. The third kappa shape index (κ3) is 2.48. The van der Waals surface area contributed by atoms with Gasteiger partial charge in [-0.1, -0.05) is 38.1 Å². The van der Waals surface area contributed by atoms with Crippen LogP contribution in [-0.2, 0) is 7.05 Å². The summed E-state index contributed by atoms with van der Waals surface area (Å²) in [5.74, 6) is 1.31. The van der Waals surface area contributed by atoms with Crippen molar-refractivity contribution in [2.45, 2.75) is 19.8 Å². The minimum atomic E-state index is 0.509. The first-order valence-electron chi connectivity index (χ1n) is 8.06. The molecule has 0 aliphatic carbocycles. The first kappa shape index (κ1) is 14.6. The van der Waals surface area contributed by atoms with Crippen molar-refractivity contribution >= 4 is 5.65 Å². The van der Waals surface area contributed by atoms with Crippen LogP contribution >= 0.6 is 0 Å². The van der Waals surface area contributed by atoms with Gasteiger partial charge in [0.25, 0.3) is 0 Å². The van der Waals surface area contributed by atoms with Crippen LogP contribution in [0.3, 0.4) is 0 Å². The lowest BCUT2D eigenvalue weighted by molar-refractivity contribution is 0.768. The molecule has 0 radical (unpaired) electrons. The van der Waals surface area contributed by atoms with Crippen molar-refractivity contribution in [3.8, 4) is 22.5 Å². The highest BCUT2D eigenvalue weighted by atomic mass is 15.3. The van der Waals surface area contributed by atoms with Gasteiger partial charge < -0.3 is 0 Å². The highest BCUT2D eigenvalue weighted by Gasteiger charge is 2.11. The Labute approximate surface area is 140 Å². The van der Waals surface area contributed by atoms with Gasteiger partial charge in [-0.2, -0.15) is 5.10 Å². The zero-order chi connectivity index (χ0) is 16.7. The molecule has 3 aromatic heterocycles. The largest absolute Gasteiger partial charge is 0.282 e. The Morgan fingerprint density at radius 1 is 0.917 bits per heavy atom. The molecule has 0 atom stereocenters. The quantitative estimate of drug-likeness (QED) is 0.575. The summed E-state index contributed by atoms with van der Waals surface area (Å²) in [5, 5.41) is 12.8. The number of aryl methyl sites for hydroxylation is 1. The summed E-state index contributed by atoms with van der Waals surface area (Å²) in [6.45, 7) is 4.42. The van der Waals surface area contributed by atoms with Crippen LogP contribution in [0.5, 0.6) is 0 Å². The molecule has 0 fully saturated rings. The lowest BCUT2D eigenvalue weighted by Gasteiger charge is -2.09. The third-order valence-electron chi connectivity index (χ3n) is 4.25. The fourth-order valence-corrected chi connectivity index (χ4v) is 2.87. The second-order valence-electron chi connectivity index (χ2n) is 6.35. The van der Waals surface area contributed by atoms with Crippen molar-refractivity contribution in [3.63, 3.8) is 0 Å². The molecule has 0 spiro atoms. The fraction of sp³-hybridized carbons (Fsp3) is 0.211. The Morgan fingerprint density at radius 3 is 2.54 bits per heavy atom. The minimum absolute atomic E-state index is 0.509. The molecule has 3 heterocycles. The maximum Gasteiger partial charge on any atom is 0.171 e. The maximum atomic E-state index is 4.32. The third-order valence-corrected chi connectivity index (χ3v) is 4.25. The van der Waals surface area contributed by atoms with Gasteiger partial charge in [-0.25, -0.2) is 0 Å². The monoisotopic (exact) mass is 317 g/mol. The summed E-state index contributed by atoms with van der Waals surface area (Å²) < 4.78 is 3.79. The first-order valence-corrected chi connectivity index (χ1v) is 8.06. The molecule has 0 aliphatic heterocycles. The lowest BCUT2D eigenvalue weighted by Crippen LogP contribution is -1.92. The van der Waals surface area contributed by atoms with Gasteiger partial charge >= 0.3 is 0 Å². The van der Waals surface area contributed by atoms with Crippen molar-refractivity contribution in [1.29, 1.82) is 0 Å². The van der Waals surface area contributed by atoms with Gasteiger partial charge in [0.2, 0.25) is 0 Å². The van der Waals surface area contributed by atoms with E-state index in [4.69, 9.17) is 0 Å². The smallest absolute Gasteiger partial charge is 0.171 e. The van der Waals surface area contributed by atoms with Gasteiger partial charge in [0.05, 0.1) is 11.8 Å². The molecule has 0 aliphatic rings. The predicted octanol–water partition coefficient (Wildman–Crippen LogP) is 3.92. The van der Waals surface area contributed by atoms with E-state index in [1.165, 1.54) is 11.1 Å². The molecule has 120 valence electrons. The van der Waals surface area contributed by atoms with E-state index in [1.807, 2.05) is 29.9 Å². The Balaban J connectivity index is 1.85. The van der Waals surface area contributed by atoms with Crippen LogP contribution in [0.1, 0.15) is 25.3 Å². The standard InChI is InChI=1S/C19H19N5/c1-13(2)14-5-4-6-15(9-14)16-7-8-18-21-22-19(24(18)12-16)17-10-20-23(3)11-17/h4-13H,1-3H3. The predicted molar refractivity (Wildman–Crippen MR) is 94.7 cm³/mol. The zero-order valence-corrected chi connectivity index (χ0v) is 14.0. The zero-order valence-electron chi connectivity index (χ0n) is 14.0. The Morgan fingerprint density at radius 2 is 1.79 bits per heavy atom. The van der Waals surface area contributed by atoms with Crippen molar-refractivity contribution < 1.29 is 0 Å². The van der Waals surface area contributed by atoms with E-state index in [0.29, 0.717) is 5.92 Å². The number of nitrogens with zero attached hydrogens (tertiary/aromatic N) is 5. The second-order valence-corrected chi connectivity index (χ2v) is 6.35. The summed E-state index contributed by atoms with van der Waals surface area (Å²) in [4.78, 5) is 0. The van der Waals surface area contributed by atoms with Crippen molar-refractivity contribution in [2.75, 3.05) is 0 Å². The number of hydrogen-bond acceptors (Lipinski definition) is 3. The van der Waals surface area contributed by atoms with Crippen LogP contribution in [0.4, 0.5) is 0 Å². The van der Waals surface area contributed by atoms with E-state index in [9.17, 15) is 0 Å². The van der Waals surface area contributed by atoms with Crippen LogP contribution in [0.15, 0.2) is 55.0 Å². The normalized spacial score (nSPS) is 11.5. The molecule has 0 unspecified atom stereocenters. The molecule has 24 heavy (non-hydrogen) atoms. The topological polar surface area (TPSA) is 48.0 Å². The van der Waals surface area contributed by atoms with Gasteiger partial charge in [0.15, 0.2) is 11.5 Å². The number of pyridine rings is 1. The van der Waals surface area contributed by atoms with Crippen LogP contribution in [0, 0.1) is 0 Å². The van der Waals surface area contributed by atoms with Crippen molar-refractivity contribution in [1.82, 2.24) is 24.4 Å². The molecule has 0 N–H and O–H groups in total. The molecule has 5 heteroatoms. The molecule has 4 rings (SSSR count). The van der Waals surface area contributed by atoms with E-state index >= 15 is 0 Å². The molecule has 5 nitrogen and oxygen atoms in total. The SMILES string of the molecule is CC(C)c1cccc(-c2ccc3nnc(-c4cnn(C)c4)n3c2)c1. The molecule has 0 saturated carbocycles. The molecule has 0 saturated heterocycles. The summed E-state index contributed by atoms with van der Waals surface area (Å²) in [7, 11) is 1.90. The first-order chi connectivity index (χ1) is 11.6. The van der Waals surface area contributed by atoms with Crippen molar-refractivity contribution in [2.24, 2.45) is 7.05 Å². The van der Waals surface area contributed by atoms with Crippen LogP contribution < -0.4 is 0 Å². The van der Waals surface area contributed by atoms with Gasteiger partial charge in [-0.15, -0.1) is 10.2 Å². The van der Waals surface area contributed by atoms with Gasteiger partial charge in [-0.3, -0.25) is 9.08 Å². The molecule has 0 amide bonds. The summed E-state index contributed by atoms with van der Waals surface area (Å²) in [5.41, 5.74) is 5.48. The van der Waals surface area contributed by atoms with Crippen LogP contribution in [0.2, 0.25) is 0 Å². The summed E-state index contributed by atoms with van der Waals surface area (Å²) in [6, 6.07) is 12.8. The van der Waals surface area contributed by atoms with Crippen LogP contribution in [0.25, 0.3) is 28.2 Å². The average Bonchev–Trinajstić information content (AvgIpc) is 3.20. The number of fused-ring (bicyclic) bond motifs is 1. The number of rotatable bonds is 3. The van der Waals surface area contributed by atoms with E-state index in [-0.39, 0.29) is 0 Å². The fourth-order valence-electron chi connectivity index (χ4n) is 2.87. The van der Waals surface area contributed by atoms with Gasteiger partial charge in [0.1, 0.15) is 0 Å². The van der Waals surface area contributed by atoms with Crippen LogP contribution in [-0.4, -0.2) is 24.4 Å². The molecular formula is C19H19N5. The molecular weight excluding hydrogens is 298 g/mol. The Bertz CT molecular complexity index is 1010. The number of benzene rings is 1. The average molecular weight is 317 g/mol. The van der Waals surface area contributed by atoms with Gasteiger partial charge in [0, 0.05) is 19.4 Å². The Hall–Kier alpha value is -2.95. The van der Waals surface area contributed by atoms with Crippen molar-refractivity contribution in [3.05, 3.63) is 60.6 Å². The highest BCUT2D eigenvalue weighted by Crippen LogP contribution is 2.26. The van der Waals surface area contributed by atoms with Gasteiger partial charge in [-0.05, 0) is 34.7 Å². The maximum absolute atomic E-state index is 4.32. The number of aromatic nitrogens is 5. The van der Waals surface area contributed by atoms with E-state index in [0.717, 1.165) is 22.6 Å². The van der Waals surface area contributed by atoms with E-state index in [2.05, 4.69) is 65.7 Å². The Kier molecular flexibility index (Phi) is 3.41.